The minimum Gasteiger partial charge on any atom is -0.465 e. The molecule has 0 saturated heterocycles. The van der Waals surface area contributed by atoms with E-state index in [0.717, 1.165) is 46.3 Å². The van der Waals surface area contributed by atoms with Crippen LogP contribution in [0.25, 0.3) is 21.3 Å². The summed E-state index contributed by atoms with van der Waals surface area (Å²) in [6, 6.07) is 11.6. The highest BCUT2D eigenvalue weighted by Gasteiger charge is 2.25. The van der Waals surface area contributed by atoms with Crippen LogP contribution in [0.1, 0.15) is 37.7 Å². The zero-order chi connectivity index (χ0) is 21.5. The van der Waals surface area contributed by atoms with Gasteiger partial charge >= 0.3 is 5.97 Å². The van der Waals surface area contributed by atoms with E-state index >= 15 is 0 Å². The Bertz CT molecular complexity index is 1330. The molecule has 6 nitrogen and oxygen atoms in total. The van der Waals surface area contributed by atoms with Crippen LogP contribution in [-0.4, -0.2) is 24.0 Å². The normalized spacial score (nSPS) is 12.7. The SMILES string of the molecule is COC(=O)c1c(-c2ccccc2)csc1NC(=O)c1sc2nc3c(cc2c1N)CCC3. The van der Waals surface area contributed by atoms with Crippen molar-refractivity contribution in [3.63, 3.8) is 0 Å². The molecule has 0 atom stereocenters. The number of benzene rings is 1. The Kier molecular flexibility index (Phi) is 4.95. The number of hydrogen-bond donors (Lipinski definition) is 2. The number of anilines is 2. The summed E-state index contributed by atoms with van der Waals surface area (Å²) in [5.74, 6) is -0.856. The number of hydrogen-bond acceptors (Lipinski definition) is 7. The minimum absolute atomic E-state index is 0.337. The van der Waals surface area contributed by atoms with Gasteiger partial charge in [-0.15, -0.1) is 22.7 Å². The number of fused-ring (bicyclic) bond motifs is 2. The van der Waals surface area contributed by atoms with E-state index in [0.29, 0.717) is 21.1 Å². The summed E-state index contributed by atoms with van der Waals surface area (Å²) < 4.78 is 4.99. The van der Waals surface area contributed by atoms with Crippen LogP contribution in [0.5, 0.6) is 0 Å². The number of ether oxygens (including phenoxy) is 1. The second-order valence-electron chi connectivity index (χ2n) is 7.31. The molecule has 0 spiro atoms. The van der Waals surface area contributed by atoms with E-state index in [1.807, 2.05) is 35.7 Å². The van der Waals surface area contributed by atoms with Gasteiger partial charge in [0.25, 0.3) is 5.91 Å². The van der Waals surface area contributed by atoms with E-state index in [9.17, 15) is 9.59 Å². The van der Waals surface area contributed by atoms with E-state index in [-0.39, 0.29) is 5.91 Å². The summed E-state index contributed by atoms with van der Waals surface area (Å²) in [6.07, 6.45) is 3.06. The van der Waals surface area contributed by atoms with E-state index in [1.165, 1.54) is 35.3 Å². The molecule has 8 heteroatoms. The molecule has 0 fully saturated rings. The summed E-state index contributed by atoms with van der Waals surface area (Å²) in [5.41, 5.74) is 11.0. The Balaban J connectivity index is 1.52. The molecule has 0 saturated carbocycles. The summed E-state index contributed by atoms with van der Waals surface area (Å²) in [6.45, 7) is 0. The number of nitrogens with zero attached hydrogens (tertiary/aromatic N) is 1. The molecule has 1 aromatic carbocycles. The third kappa shape index (κ3) is 3.37. The van der Waals surface area contributed by atoms with Crippen LogP contribution in [0.4, 0.5) is 10.7 Å². The monoisotopic (exact) mass is 449 g/mol. The largest absolute Gasteiger partial charge is 0.465 e. The highest BCUT2D eigenvalue weighted by atomic mass is 32.1. The molecule has 3 heterocycles. The molecule has 1 aliphatic rings. The van der Waals surface area contributed by atoms with Crippen molar-refractivity contribution in [3.05, 3.63) is 63.5 Å². The van der Waals surface area contributed by atoms with Crippen molar-refractivity contribution in [1.82, 2.24) is 4.98 Å². The summed E-state index contributed by atoms with van der Waals surface area (Å²) >= 11 is 2.56. The average molecular weight is 450 g/mol. The maximum atomic E-state index is 13.1. The molecular formula is C23H19N3O3S2. The van der Waals surface area contributed by atoms with Gasteiger partial charge < -0.3 is 15.8 Å². The fourth-order valence-corrected chi connectivity index (χ4v) is 5.86. The maximum Gasteiger partial charge on any atom is 0.341 e. The topological polar surface area (TPSA) is 94.3 Å². The predicted octanol–water partition coefficient (Wildman–Crippen LogP) is 5.13. The van der Waals surface area contributed by atoms with Crippen molar-refractivity contribution in [2.75, 3.05) is 18.2 Å². The Morgan fingerprint density at radius 1 is 1.19 bits per heavy atom. The molecule has 1 amide bonds. The lowest BCUT2D eigenvalue weighted by Crippen LogP contribution is -2.14. The van der Waals surface area contributed by atoms with Crippen molar-refractivity contribution in [2.24, 2.45) is 0 Å². The minimum atomic E-state index is -0.502. The van der Waals surface area contributed by atoms with Crippen LogP contribution in [0, 0.1) is 0 Å². The first kappa shape index (κ1) is 19.7. The zero-order valence-electron chi connectivity index (χ0n) is 16.7. The fraction of sp³-hybridized carbons (Fsp3) is 0.174. The Morgan fingerprint density at radius 2 is 2.00 bits per heavy atom. The van der Waals surface area contributed by atoms with E-state index in [4.69, 9.17) is 15.5 Å². The van der Waals surface area contributed by atoms with Crippen molar-refractivity contribution in [2.45, 2.75) is 19.3 Å². The lowest BCUT2D eigenvalue weighted by atomic mass is 10.0. The standard InChI is InChI=1S/C23H19N3O3S2/c1-29-23(28)17-15(12-6-3-2-4-7-12)11-30-22(17)26-20(27)19-18(24)14-10-13-8-5-9-16(13)25-21(14)31-19/h2-4,6-7,10-11H,5,8-9,24H2,1H3,(H,26,27). The first-order valence-electron chi connectivity index (χ1n) is 9.84. The third-order valence-corrected chi connectivity index (χ3v) is 7.46. The molecule has 3 aromatic heterocycles. The highest BCUT2D eigenvalue weighted by Crippen LogP contribution is 2.39. The van der Waals surface area contributed by atoms with Crippen molar-refractivity contribution in [3.8, 4) is 11.1 Å². The number of pyridine rings is 1. The van der Waals surface area contributed by atoms with Gasteiger partial charge in [0, 0.05) is 22.0 Å². The molecule has 0 aliphatic heterocycles. The molecule has 1 aliphatic carbocycles. The first-order chi connectivity index (χ1) is 15.1. The van der Waals surface area contributed by atoms with Gasteiger partial charge in [-0.05, 0) is 36.5 Å². The van der Waals surface area contributed by atoms with Gasteiger partial charge in [0.15, 0.2) is 0 Å². The number of nitrogen functional groups attached to an aromatic ring is 1. The van der Waals surface area contributed by atoms with Crippen molar-refractivity contribution in [1.29, 1.82) is 0 Å². The second kappa shape index (κ2) is 7.79. The quantitative estimate of drug-likeness (QED) is 0.421. The molecule has 3 N–H and O–H groups in total. The number of aryl methyl sites for hydroxylation is 2. The lowest BCUT2D eigenvalue weighted by Gasteiger charge is -2.07. The summed E-state index contributed by atoms with van der Waals surface area (Å²) in [5, 5.41) is 5.97. The fourth-order valence-electron chi connectivity index (χ4n) is 3.91. The van der Waals surface area contributed by atoms with E-state index in [1.54, 1.807) is 0 Å². The number of amides is 1. The number of carbonyl (C=O) groups excluding carboxylic acids is 2. The average Bonchev–Trinajstić information content (AvgIpc) is 3.50. The van der Waals surface area contributed by atoms with Gasteiger partial charge in [0.1, 0.15) is 20.3 Å². The molecule has 0 unspecified atom stereocenters. The van der Waals surface area contributed by atoms with Gasteiger partial charge in [0.2, 0.25) is 0 Å². The van der Waals surface area contributed by atoms with Gasteiger partial charge in [-0.1, -0.05) is 30.3 Å². The van der Waals surface area contributed by atoms with Crippen LogP contribution in [-0.2, 0) is 17.6 Å². The number of esters is 1. The first-order valence-corrected chi connectivity index (χ1v) is 11.5. The van der Waals surface area contributed by atoms with Gasteiger partial charge in [0.05, 0.1) is 12.8 Å². The molecular weight excluding hydrogens is 430 g/mol. The van der Waals surface area contributed by atoms with Crippen molar-refractivity contribution >= 4 is 55.5 Å². The number of thiophene rings is 2. The van der Waals surface area contributed by atoms with Crippen LogP contribution >= 0.6 is 22.7 Å². The Morgan fingerprint density at radius 3 is 2.77 bits per heavy atom. The van der Waals surface area contributed by atoms with Crippen LogP contribution < -0.4 is 11.1 Å². The summed E-state index contributed by atoms with van der Waals surface area (Å²) in [4.78, 5) is 31.5. The van der Waals surface area contributed by atoms with Gasteiger partial charge in [-0.25, -0.2) is 9.78 Å². The number of rotatable bonds is 4. The van der Waals surface area contributed by atoms with Gasteiger partial charge in [-0.2, -0.15) is 0 Å². The molecule has 0 radical (unpaired) electrons. The highest BCUT2D eigenvalue weighted by molar-refractivity contribution is 7.21. The maximum absolute atomic E-state index is 13.1. The second-order valence-corrected chi connectivity index (χ2v) is 9.19. The molecule has 4 aromatic rings. The molecule has 0 bridgehead atoms. The van der Waals surface area contributed by atoms with Crippen LogP contribution in [0.2, 0.25) is 0 Å². The Hall–Kier alpha value is -3.23. The smallest absolute Gasteiger partial charge is 0.341 e. The molecule has 31 heavy (non-hydrogen) atoms. The zero-order valence-corrected chi connectivity index (χ0v) is 18.4. The number of methoxy groups -OCH3 is 1. The number of nitrogens with two attached hydrogens (primary N) is 1. The van der Waals surface area contributed by atoms with Crippen LogP contribution in [0.15, 0.2) is 41.8 Å². The molecule has 5 rings (SSSR count). The lowest BCUT2D eigenvalue weighted by molar-refractivity contribution is 0.0603. The predicted molar refractivity (Wildman–Crippen MR) is 125 cm³/mol. The number of nitrogens with one attached hydrogen (secondary N) is 1. The molecule has 156 valence electrons. The van der Waals surface area contributed by atoms with E-state index < -0.39 is 5.97 Å². The summed E-state index contributed by atoms with van der Waals surface area (Å²) in [7, 11) is 1.33. The third-order valence-electron chi connectivity index (χ3n) is 5.45. The Labute approximate surface area is 186 Å². The van der Waals surface area contributed by atoms with Crippen LogP contribution in [0.3, 0.4) is 0 Å². The number of aromatic nitrogens is 1. The number of carbonyl (C=O) groups is 2. The van der Waals surface area contributed by atoms with Crippen molar-refractivity contribution < 1.29 is 14.3 Å². The van der Waals surface area contributed by atoms with Gasteiger partial charge in [-0.3, -0.25) is 4.79 Å². The van der Waals surface area contributed by atoms with E-state index in [2.05, 4.69) is 11.4 Å².